The minimum Gasteiger partial charge on any atom is -0.497 e. The van der Waals surface area contributed by atoms with Gasteiger partial charge >= 0.3 is 0 Å². The Labute approximate surface area is 143 Å². The molecule has 1 heterocycles. The van der Waals surface area contributed by atoms with Crippen LogP contribution in [0.2, 0.25) is 0 Å². The van der Waals surface area contributed by atoms with Gasteiger partial charge in [-0.3, -0.25) is 4.79 Å². The number of amides is 1. The van der Waals surface area contributed by atoms with Gasteiger partial charge in [0.2, 0.25) is 11.7 Å². The summed E-state index contributed by atoms with van der Waals surface area (Å²) in [5.41, 5.74) is 0.773. The number of hydrogen-bond donors (Lipinski definition) is 1. The van der Waals surface area contributed by atoms with Crippen LogP contribution in [0.25, 0.3) is 11.4 Å². The maximum Gasteiger partial charge on any atom is 0.254 e. The second-order valence-corrected chi connectivity index (χ2v) is 5.23. The van der Waals surface area contributed by atoms with Crippen molar-refractivity contribution in [3.63, 3.8) is 0 Å². The Kier molecular flexibility index (Phi) is 5.03. The highest BCUT2D eigenvalue weighted by Gasteiger charge is 2.12. The van der Waals surface area contributed by atoms with Gasteiger partial charge in [0.25, 0.3) is 5.91 Å². The highest BCUT2D eigenvalue weighted by molar-refractivity contribution is 5.94. The van der Waals surface area contributed by atoms with Crippen LogP contribution in [-0.2, 0) is 6.42 Å². The first-order valence-electron chi connectivity index (χ1n) is 7.67. The second-order valence-electron chi connectivity index (χ2n) is 5.23. The van der Waals surface area contributed by atoms with Gasteiger partial charge in [0.15, 0.2) is 0 Å². The lowest BCUT2D eigenvalue weighted by Crippen LogP contribution is -2.26. The van der Waals surface area contributed by atoms with Gasteiger partial charge in [0.05, 0.1) is 12.7 Å². The van der Waals surface area contributed by atoms with E-state index in [-0.39, 0.29) is 12.1 Å². The van der Waals surface area contributed by atoms with Crippen molar-refractivity contribution in [3.8, 4) is 17.1 Å². The molecule has 1 N–H and O–H groups in total. The molecule has 0 aliphatic heterocycles. The van der Waals surface area contributed by atoms with Crippen LogP contribution in [-0.4, -0.2) is 29.7 Å². The molecule has 0 aliphatic rings. The molecule has 1 aromatic heterocycles. The molecule has 0 atom stereocenters. The first-order chi connectivity index (χ1) is 12.2. The third-order valence-electron chi connectivity index (χ3n) is 3.54. The lowest BCUT2D eigenvalue weighted by Gasteiger charge is -2.04. The molecule has 0 bridgehead atoms. The highest BCUT2D eigenvalue weighted by atomic mass is 19.1. The van der Waals surface area contributed by atoms with E-state index in [0.29, 0.717) is 23.9 Å². The van der Waals surface area contributed by atoms with Crippen molar-refractivity contribution in [1.29, 1.82) is 0 Å². The molecule has 0 spiro atoms. The summed E-state index contributed by atoms with van der Waals surface area (Å²) in [4.78, 5) is 16.2. The van der Waals surface area contributed by atoms with Crippen LogP contribution in [0.15, 0.2) is 53.1 Å². The predicted octanol–water partition coefficient (Wildman–Crippen LogP) is 2.86. The Hall–Kier alpha value is -3.22. The van der Waals surface area contributed by atoms with E-state index >= 15 is 0 Å². The van der Waals surface area contributed by atoms with E-state index in [1.54, 1.807) is 19.2 Å². The van der Waals surface area contributed by atoms with Crippen LogP contribution < -0.4 is 10.1 Å². The van der Waals surface area contributed by atoms with Crippen LogP contribution in [0.1, 0.15) is 16.2 Å². The predicted molar refractivity (Wildman–Crippen MR) is 88.7 cm³/mol. The number of halogens is 1. The van der Waals surface area contributed by atoms with Crippen molar-refractivity contribution < 1.29 is 18.4 Å². The van der Waals surface area contributed by atoms with Crippen molar-refractivity contribution in [3.05, 3.63) is 65.8 Å². The van der Waals surface area contributed by atoms with Crippen molar-refractivity contribution in [2.75, 3.05) is 13.7 Å². The van der Waals surface area contributed by atoms with Crippen LogP contribution in [0, 0.1) is 5.82 Å². The molecule has 128 valence electrons. The number of ether oxygens (including phenoxy) is 1. The normalized spacial score (nSPS) is 10.5. The number of carbonyl (C=O) groups excluding carboxylic acids is 1. The van der Waals surface area contributed by atoms with Crippen molar-refractivity contribution in [1.82, 2.24) is 15.5 Å². The summed E-state index contributed by atoms with van der Waals surface area (Å²) in [6.45, 7) is 0.257. The van der Waals surface area contributed by atoms with Crippen LogP contribution >= 0.6 is 0 Å². The molecule has 25 heavy (non-hydrogen) atoms. The summed E-state index contributed by atoms with van der Waals surface area (Å²) in [5.74, 6) is 0.478. The molecule has 0 saturated heterocycles. The van der Waals surface area contributed by atoms with Crippen LogP contribution in [0.3, 0.4) is 0 Å². The number of benzene rings is 2. The number of rotatable bonds is 6. The average Bonchev–Trinajstić information content (AvgIpc) is 3.11. The summed E-state index contributed by atoms with van der Waals surface area (Å²) < 4.78 is 23.9. The Balaban J connectivity index is 1.59. The molecule has 0 fully saturated rings. The summed E-state index contributed by atoms with van der Waals surface area (Å²) in [7, 11) is 1.58. The first-order valence-corrected chi connectivity index (χ1v) is 7.67. The molecule has 6 nitrogen and oxygen atoms in total. The van der Waals surface area contributed by atoms with E-state index in [4.69, 9.17) is 9.26 Å². The third-order valence-corrected chi connectivity index (χ3v) is 3.54. The Morgan fingerprint density at radius 2 is 2.08 bits per heavy atom. The molecule has 0 radical (unpaired) electrons. The maximum atomic E-state index is 13.5. The Bertz CT molecular complexity index is 879. The molecule has 0 unspecified atom stereocenters. The zero-order valence-electron chi connectivity index (χ0n) is 13.5. The average molecular weight is 341 g/mol. The van der Waals surface area contributed by atoms with Gasteiger partial charge in [-0.05, 0) is 24.3 Å². The fraction of sp³-hybridized carbons (Fsp3) is 0.167. The Morgan fingerprint density at radius 3 is 2.88 bits per heavy atom. The third kappa shape index (κ3) is 4.00. The molecular weight excluding hydrogens is 325 g/mol. The summed E-state index contributed by atoms with van der Waals surface area (Å²) in [5, 5.41) is 6.55. The Morgan fingerprint density at radius 1 is 1.24 bits per heavy atom. The lowest BCUT2D eigenvalue weighted by molar-refractivity contribution is 0.0949. The summed E-state index contributed by atoms with van der Waals surface area (Å²) in [6.07, 6.45) is 0.344. The van der Waals surface area contributed by atoms with Gasteiger partial charge in [-0.15, -0.1) is 0 Å². The summed E-state index contributed by atoms with van der Waals surface area (Å²) in [6, 6.07) is 13.1. The SMILES string of the molecule is COc1cccc(-c2noc(CCNC(=O)c3ccccc3F)n2)c1. The lowest BCUT2D eigenvalue weighted by atomic mass is 10.2. The molecule has 2 aromatic carbocycles. The zero-order chi connectivity index (χ0) is 17.6. The summed E-state index contributed by atoms with van der Waals surface area (Å²) >= 11 is 0. The van der Waals surface area contributed by atoms with Gasteiger partial charge < -0.3 is 14.6 Å². The van der Waals surface area contributed by atoms with E-state index in [0.717, 1.165) is 5.56 Å². The monoisotopic (exact) mass is 341 g/mol. The van der Waals surface area contributed by atoms with Crippen molar-refractivity contribution >= 4 is 5.91 Å². The minimum absolute atomic E-state index is 0.00472. The number of aromatic nitrogens is 2. The van der Waals surface area contributed by atoms with E-state index in [1.807, 2.05) is 18.2 Å². The van der Waals surface area contributed by atoms with Gasteiger partial charge in [-0.1, -0.05) is 29.4 Å². The number of hydrogen-bond acceptors (Lipinski definition) is 5. The molecule has 1 amide bonds. The first kappa shape index (κ1) is 16.6. The van der Waals surface area contributed by atoms with Crippen molar-refractivity contribution in [2.45, 2.75) is 6.42 Å². The highest BCUT2D eigenvalue weighted by Crippen LogP contribution is 2.21. The molecular formula is C18H16FN3O3. The quantitative estimate of drug-likeness (QED) is 0.746. The van der Waals surface area contributed by atoms with Crippen molar-refractivity contribution in [2.24, 2.45) is 0 Å². The number of nitrogens with one attached hydrogen (secondary N) is 1. The maximum absolute atomic E-state index is 13.5. The molecule has 0 aliphatic carbocycles. The minimum atomic E-state index is -0.557. The molecule has 3 rings (SSSR count). The molecule has 3 aromatic rings. The van der Waals surface area contributed by atoms with Gasteiger partial charge in [0, 0.05) is 18.5 Å². The van der Waals surface area contributed by atoms with Crippen LogP contribution in [0.4, 0.5) is 4.39 Å². The smallest absolute Gasteiger partial charge is 0.254 e. The standard InChI is InChI=1S/C18H16FN3O3/c1-24-13-6-4-5-12(11-13)17-21-16(25-22-17)9-10-20-18(23)14-7-2-3-8-15(14)19/h2-8,11H,9-10H2,1H3,(H,20,23). The van der Waals surface area contributed by atoms with Gasteiger partial charge in [0.1, 0.15) is 11.6 Å². The zero-order valence-corrected chi connectivity index (χ0v) is 13.5. The van der Waals surface area contributed by atoms with E-state index in [1.165, 1.54) is 18.2 Å². The molecule has 0 saturated carbocycles. The second kappa shape index (κ2) is 7.57. The largest absolute Gasteiger partial charge is 0.497 e. The van der Waals surface area contributed by atoms with E-state index in [2.05, 4.69) is 15.5 Å². The fourth-order valence-electron chi connectivity index (χ4n) is 2.26. The fourth-order valence-corrected chi connectivity index (χ4v) is 2.26. The van der Waals surface area contributed by atoms with Gasteiger partial charge in [-0.2, -0.15) is 4.98 Å². The number of carbonyl (C=O) groups is 1. The molecule has 7 heteroatoms. The van der Waals surface area contributed by atoms with E-state index in [9.17, 15) is 9.18 Å². The van der Waals surface area contributed by atoms with Gasteiger partial charge in [-0.25, -0.2) is 4.39 Å². The van der Waals surface area contributed by atoms with E-state index < -0.39 is 11.7 Å². The number of nitrogens with zero attached hydrogens (tertiary/aromatic N) is 2. The number of methoxy groups -OCH3 is 1. The van der Waals surface area contributed by atoms with Crippen LogP contribution in [0.5, 0.6) is 5.75 Å². The topological polar surface area (TPSA) is 77.3 Å².